The summed E-state index contributed by atoms with van der Waals surface area (Å²) in [5, 5.41) is 12.4. The lowest BCUT2D eigenvalue weighted by Crippen LogP contribution is -2.17. The van der Waals surface area contributed by atoms with Crippen LogP contribution >= 0.6 is 0 Å². The van der Waals surface area contributed by atoms with E-state index in [1.165, 1.54) is 12.1 Å². The van der Waals surface area contributed by atoms with Crippen LogP contribution < -0.4 is 10.5 Å². The highest BCUT2D eigenvalue weighted by atomic mass is 19.4. The number of ether oxygens (including phenoxy) is 1. The molecule has 1 heterocycles. The standard InChI is InChI=1S/C12H9F3N2O4/c13-12(14,15)20-7-3-1-2-6(4-7)10-8(5-9(18)19)11(16)21-17-10/h1-4H,5,16H2,(H,18,19). The molecule has 0 aliphatic heterocycles. The third-order valence-electron chi connectivity index (χ3n) is 2.49. The second kappa shape index (κ2) is 5.35. The topological polar surface area (TPSA) is 98.6 Å². The highest BCUT2D eigenvalue weighted by Crippen LogP contribution is 2.31. The fourth-order valence-electron chi connectivity index (χ4n) is 1.71. The third kappa shape index (κ3) is 3.65. The van der Waals surface area contributed by atoms with E-state index in [2.05, 4.69) is 9.89 Å². The minimum atomic E-state index is -4.83. The summed E-state index contributed by atoms with van der Waals surface area (Å²) >= 11 is 0. The van der Waals surface area contributed by atoms with Crippen LogP contribution in [0, 0.1) is 0 Å². The molecule has 2 rings (SSSR count). The van der Waals surface area contributed by atoms with E-state index in [9.17, 15) is 18.0 Å². The molecule has 3 N–H and O–H groups in total. The van der Waals surface area contributed by atoms with Gasteiger partial charge in [0.1, 0.15) is 11.4 Å². The molecular formula is C12H9F3N2O4. The number of benzene rings is 1. The van der Waals surface area contributed by atoms with Gasteiger partial charge in [-0.1, -0.05) is 17.3 Å². The molecule has 0 radical (unpaired) electrons. The Morgan fingerprint density at radius 1 is 1.43 bits per heavy atom. The number of rotatable bonds is 4. The Morgan fingerprint density at radius 2 is 2.14 bits per heavy atom. The molecule has 0 amide bonds. The van der Waals surface area contributed by atoms with Gasteiger partial charge in [0.25, 0.3) is 0 Å². The van der Waals surface area contributed by atoms with Gasteiger partial charge in [0, 0.05) is 5.56 Å². The summed E-state index contributed by atoms with van der Waals surface area (Å²) in [5.41, 5.74) is 5.81. The van der Waals surface area contributed by atoms with E-state index in [4.69, 9.17) is 15.4 Å². The van der Waals surface area contributed by atoms with Crippen molar-refractivity contribution < 1.29 is 32.3 Å². The number of nitrogen functional groups attached to an aromatic ring is 1. The van der Waals surface area contributed by atoms with E-state index in [0.717, 1.165) is 12.1 Å². The first-order chi connectivity index (χ1) is 9.76. The maximum atomic E-state index is 12.2. The molecule has 9 heteroatoms. The number of carboxylic acid groups (broad SMARTS) is 1. The highest BCUT2D eigenvalue weighted by Gasteiger charge is 2.31. The van der Waals surface area contributed by atoms with Crippen molar-refractivity contribution in [1.29, 1.82) is 0 Å². The number of hydrogen-bond donors (Lipinski definition) is 2. The molecule has 0 atom stereocenters. The molecular weight excluding hydrogens is 293 g/mol. The van der Waals surface area contributed by atoms with Gasteiger partial charge in [0.15, 0.2) is 0 Å². The Balaban J connectivity index is 2.39. The quantitative estimate of drug-likeness (QED) is 0.900. The summed E-state index contributed by atoms with van der Waals surface area (Å²) in [5.74, 6) is -1.83. The first-order valence-corrected chi connectivity index (χ1v) is 5.58. The minimum absolute atomic E-state index is 0.0579. The predicted molar refractivity (Wildman–Crippen MR) is 64.4 cm³/mol. The van der Waals surface area contributed by atoms with Crippen molar-refractivity contribution in [3.8, 4) is 17.0 Å². The lowest BCUT2D eigenvalue weighted by atomic mass is 10.1. The average molecular weight is 302 g/mol. The van der Waals surface area contributed by atoms with Crippen molar-refractivity contribution >= 4 is 11.9 Å². The largest absolute Gasteiger partial charge is 0.573 e. The Hall–Kier alpha value is -2.71. The Morgan fingerprint density at radius 3 is 2.76 bits per heavy atom. The number of carboxylic acids is 1. The van der Waals surface area contributed by atoms with Gasteiger partial charge in [-0.05, 0) is 12.1 Å². The van der Waals surface area contributed by atoms with Crippen LogP contribution in [0.15, 0.2) is 28.8 Å². The molecule has 112 valence electrons. The number of aliphatic carboxylic acids is 1. The predicted octanol–water partition coefficient (Wildman–Crippen LogP) is 2.45. The van der Waals surface area contributed by atoms with Crippen molar-refractivity contribution in [3.63, 3.8) is 0 Å². The number of halogens is 3. The summed E-state index contributed by atoms with van der Waals surface area (Å²) in [6.45, 7) is 0. The summed E-state index contributed by atoms with van der Waals surface area (Å²) in [6, 6.07) is 4.92. The van der Waals surface area contributed by atoms with Crippen LogP contribution in [0.1, 0.15) is 5.56 Å². The van der Waals surface area contributed by atoms with Crippen LogP contribution in [0.3, 0.4) is 0 Å². The van der Waals surface area contributed by atoms with Gasteiger partial charge in [0.05, 0.1) is 12.0 Å². The van der Waals surface area contributed by atoms with Crippen molar-refractivity contribution in [2.45, 2.75) is 12.8 Å². The molecule has 0 unspecified atom stereocenters. The van der Waals surface area contributed by atoms with Crippen LogP contribution in [-0.2, 0) is 11.2 Å². The fourth-order valence-corrected chi connectivity index (χ4v) is 1.71. The molecule has 0 saturated carbocycles. The molecule has 1 aromatic heterocycles. The molecule has 0 aliphatic carbocycles. The zero-order chi connectivity index (χ0) is 15.6. The molecule has 21 heavy (non-hydrogen) atoms. The molecule has 0 bridgehead atoms. The van der Waals surface area contributed by atoms with Crippen LogP contribution in [-0.4, -0.2) is 22.6 Å². The first kappa shape index (κ1) is 14.7. The number of hydrogen-bond acceptors (Lipinski definition) is 5. The molecule has 0 fully saturated rings. The SMILES string of the molecule is Nc1onc(-c2cccc(OC(F)(F)F)c2)c1CC(=O)O. The molecule has 0 aliphatic rings. The second-order valence-corrected chi connectivity index (χ2v) is 4.02. The zero-order valence-corrected chi connectivity index (χ0v) is 10.3. The van der Waals surface area contributed by atoms with Crippen LogP contribution in [0.4, 0.5) is 19.1 Å². The van der Waals surface area contributed by atoms with E-state index in [1.807, 2.05) is 0 Å². The molecule has 2 aromatic rings. The van der Waals surface area contributed by atoms with Gasteiger partial charge in [-0.15, -0.1) is 13.2 Å². The van der Waals surface area contributed by atoms with E-state index in [-0.39, 0.29) is 22.7 Å². The van der Waals surface area contributed by atoms with E-state index in [1.54, 1.807) is 0 Å². The molecule has 1 aromatic carbocycles. The number of nitrogens with zero attached hydrogens (tertiary/aromatic N) is 1. The van der Waals surface area contributed by atoms with E-state index in [0.29, 0.717) is 0 Å². The highest BCUT2D eigenvalue weighted by molar-refractivity contribution is 5.78. The lowest BCUT2D eigenvalue weighted by molar-refractivity contribution is -0.274. The maximum absolute atomic E-state index is 12.2. The van der Waals surface area contributed by atoms with Crippen molar-refractivity contribution in [3.05, 3.63) is 29.8 Å². The fraction of sp³-hybridized carbons (Fsp3) is 0.167. The van der Waals surface area contributed by atoms with Crippen LogP contribution in [0.5, 0.6) is 5.75 Å². The average Bonchev–Trinajstić information content (AvgIpc) is 2.68. The monoisotopic (exact) mass is 302 g/mol. The van der Waals surface area contributed by atoms with Crippen LogP contribution in [0.25, 0.3) is 11.3 Å². The van der Waals surface area contributed by atoms with Crippen molar-refractivity contribution in [2.24, 2.45) is 0 Å². The van der Waals surface area contributed by atoms with E-state index < -0.39 is 24.5 Å². The Bertz CT molecular complexity index is 667. The third-order valence-corrected chi connectivity index (χ3v) is 2.49. The van der Waals surface area contributed by atoms with Gasteiger partial charge in [-0.25, -0.2) is 0 Å². The smallest absolute Gasteiger partial charge is 0.481 e. The van der Waals surface area contributed by atoms with Gasteiger partial charge in [-0.2, -0.15) is 0 Å². The Kier molecular flexibility index (Phi) is 3.74. The van der Waals surface area contributed by atoms with E-state index >= 15 is 0 Å². The zero-order valence-electron chi connectivity index (χ0n) is 10.3. The summed E-state index contributed by atoms with van der Waals surface area (Å²) in [4.78, 5) is 10.8. The summed E-state index contributed by atoms with van der Waals surface area (Å²) < 4.78 is 45.0. The number of nitrogens with two attached hydrogens (primary N) is 1. The van der Waals surface area contributed by atoms with Gasteiger partial charge in [-0.3, -0.25) is 4.79 Å². The van der Waals surface area contributed by atoms with Gasteiger partial charge >= 0.3 is 12.3 Å². The van der Waals surface area contributed by atoms with Crippen molar-refractivity contribution in [1.82, 2.24) is 5.16 Å². The molecule has 0 saturated heterocycles. The summed E-state index contributed by atoms with van der Waals surface area (Å²) in [6.07, 6.45) is -5.29. The number of carbonyl (C=O) groups is 1. The Labute approximate surface area is 115 Å². The van der Waals surface area contributed by atoms with Gasteiger partial charge in [0.2, 0.25) is 5.88 Å². The second-order valence-electron chi connectivity index (χ2n) is 4.02. The summed E-state index contributed by atoms with van der Waals surface area (Å²) in [7, 11) is 0. The van der Waals surface area contributed by atoms with Crippen LogP contribution in [0.2, 0.25) is 0 Å². The lowest BCUT2D eigenvalue weighted by Gasteiger charge is -2.09. The minimum Gasteiger partial charge on any atom is -0.481 e. The normalized spacial score (nSPS) is 11.4. The molecule has 6 nitrogen and oxygen atoms in total. The van der Waals surface area contributed by atoms with Crippen molar-refractivity contribution in [2.75, 3.05) is 5.73 Å². The molecule has 0 spiro atoms. The maximum Gasteiger partial charge on any atom is 0.573 e. The van der Waals surface area contributed by atoms with Gasteiger partial charge < -0.3 is 20.1 Å². The number of anilines is 1. The number of aromatic nitrogens is 1. The number of alkyl halides is 3. The first-order valence-electron chi connectivity index (χ1n) is 5.58.